The van der Waals surface area contributed by atoms with Crippen LogP contribution in [-0.4, -0.2) is 305 Å². The van der Waals surface area contributed by atoms with Gasteiger partial charge in [0.15, 0.2) is 25.2 Å². The Labute approximate surface area is 397 Å². The SMILES string of the molecule is CC(=O)N[C@H]1[C@H](O[C@H]2[C@@H](O)[C@@H](CO)O[C@@H](O[C@H]3[C@H](O)[C@@H](O)C(NCCOP(=O)(O)OCC(O)CO)O[C@@H]3CO)[C@@H]2O)O[C@H](CO)[C@@H](O[C@@H]2O[C@@H](C)[C@@H](O)[C@@H](O)[C@@H]2O)[C@@H]1O[C@@H]1O[C@H](CO)[C@H](O)[C@H](O)[C@H]1O. The van der Waals surface area contributed by atoms with E-state index in [4.69, 9.17) is 52.3 Å². The third-order valence-corrected chi connectivity index (χ3v) is 13.0. The first-order chi connectivity index (χ1) is 33.0. The highest BCUT2D eigenvalue weighted by Gasteiger charge is 2.58. The smallest absolute Gasteiger partial charge is 0.394 e. The molecule has 410 valence electrons. The predicted molar refractivity (Wildman–Crippen MR) is 217 cm³/mol. The van der Waals surface area contributed by atoms with Crippen molar-refractivity contribution in [2.75, 3.05) is 52.8 Å². The maximum Gasteiger partial charge on any atom is 0.472 e. The van der Waals surface area contributed by atoms with E-state index in [1.54, 1.807) is 0 Å². The normalized spacial score (nSPS) is 46.2. The molecular weight excluding hydrogens is 983 g/mol. The topological polar surface area (TPSA) is 504 Å². The Morgan fingerprint density at radius 3 is 1.64 bits per heavy atom. The fourth-order valence-corrected chi connectivity index (χ4v) is 8.95. The van der Waals surface area contributed by atoms with Crippen LogP contribution in [0.2, 0.25) is 0 Å². The Balaban J connectivity index is 1.38. The number of hydrogen-bond acceptors (Lipinski definition) is 30. The Bertz CT molecular complexity index is 1650. The van der Waals surface area contributed by atoms with Crippen LogP contribution in [0, 0.1) is 0 Å². The average molecular weight is 1050 g/mol. The number of aliphatic hydroxyl groups excluding tert-OH is 16. The van der Waals surface area contributed by atoms with Gasteiger partial charge in [0.2, 0.25) is 5.91 Å². The molecule has 5 aliphatic rings. The molecule has 0 aromatic carbocycles. The lowest BCUT2D eigenvalue weighted by atomic mass is 9.93. The van der Waals surface area contributed by atoms with E-state index in [1.807, 2.05) is 0 Å². The van der Waals surface area contributed by atoms with Crippen molar-refractivity contribution in [3.63, 3.8) is 0 Å². The molecule has 5 rings (SSSR count). The van der Waals surface area contributed by atoms with Crippen molar-refractivity contribution in [2.45, 2.75) is 173 Å². The van der Waals surface area contributed by atoms with Gasteiger partial charge >= 0.3 is 7.82 Å². The number of carbonyl (C=O) groups is 1. The summed E-state index contributed by atoms with van der Waals surface area (Å²) in [5.74, 6) is -0.868. The van der Waals surface area contributed by atoms with Crippen LogP contribution in [0.3, 0.4) is 0 Å². The van der Waals surface area contributed by atoms with E-state index in [9.17, 15) is 90.9 Å². The molecule has 0 radical (unpaired) electrons. The number of rotatable bonds is 22. The number of carbonyl (C=O) groups excluding carboxylic acids is 1. The van der Waals surface area contributed by atoms with Crippen LogP contribution in [0.5, 0.6) is 0 Å². The van der Waals surface area contributed by atoms with E-state index < -0.39 is 219 Å². The fraction of sp³-hybridized carbons (Fsp3) is 0.973. The first-order valence-electron chi connectivity index (χ1n) is 22.1. The molecule has 1 amide bonds. The third-order valence-electron chi connectivity index (χ3n) is 12.0. The van der Waals surface area contributed by atoms with Gasteiger partial charge < -0.3 is 135 Å². The van der Waals surface area contributed by atoms with Gasteiger partial charge in [0, 0.05) is 13.5 Å². The van der Waals surface area contributed by atoms with E-state index in [0.717, 1.165) is 6.92 Å². The van der Waals surface area contributed by atoms with Crippen LogP contribution in [0.25, 0.3) is 0 Å². The molecule has 0 saturated carbocycles. The molecule has 70 heavy (non-hydrogen) atoms. The maximum atomic E-state index is 12.9. The summed E-state index contributed by atoms with van der Waals surface area (Å²) in [4.78, 5) is 22.7. The minimum absolute atomic E-state index is 0.349. The lowest BCUT2D eigenvalue weighted by Gasteiger charge is -2.51. The van der Waals surface area contributed by atoms with Crippen molar-refractivity contribution >= 4 is 13.7 Å². The summed E-state index contributed by atoms with van der Waals surface area (Å²) in [5, 5.41) is 173. The number of hydrogen-bond donors (Lipinski definition) is 19. The molecule has 5 saturated heterocycles. The van der Waals surface area contributed by atoms with Gasteiger partial charge in [-0.1, -0.05) is 0 Å². The third kappa shape index (κ3) is 14.1. The summed E-state index contributed by atoms with van der Waals surface area (Å²) >= 11 is 0. The standard InChI is InChI=1S/C37H67N2O30P/c1-11-19(47)22(50)26(54)35(61-11)67-30-17(9-44)65-34(18(39-12(2)45)31(30)68-36-27(55)23(51)20(48)14(6-41)63-36)69-32-21(49)15(7-42)64-37(28(32)56)66-29-16(8-43)62-33(25(53)24(29)52)38-3-4-59-70(57,58)60-10-13(46)5-40/h11,13-38,40-44,46-56H,3-10H2,1-2H3,(H,39,45)(H,57,58)/t11-,13?,14+,15+,16+,17+,18+,19+,20-,21-,22+,23-,24+,25+,26-,27+,28+,29+,30+,31+,32-,33?,34-,35-,36-,37-/m0/s1. The van der Waals surface area contributed by atoms with Crippen LogP contribution in [0.1, 0.15) is 13.8 Å². The van der Waals surface area contributed by atoms with E-state index in [0.29, 0.717) is 0 Å². The van der Waals surface area contributed by atoms with Crippen molar-refractivity contribution in [2.24, 2.45) is 0 Å². The minimum Gasteiger partial charge on any atom is -0.394 e. The monoisotopic (exact) mass is 1050 g/mol. The van der Waals surface area contributed by atoms with E-state index in [-0.39, 0.29) is 6.54 Å². The van der Waals surface area contributed by atoms with Gasteiger partial charge in [-0.3, -0.25) is 19.2 Å². The molecule has 0 bridgehead atoms. The van der Waals surface area contributed by atoms with E-state index in [2.05, 4.69) is 15.2 Å². The molecule has 33 heteroatoms. The van der Waals surface area contributed by atoms with Crippen LogP contribution >= 0.6 is 7.82 Å². The quantitative estimate of drug-likeness (QED) is 0.0354. The summed E-state index contributed by atoms with van der Waals surface area (Å²) in [5.41, 5.74) is 0. The zero-order chi connectivity index (χ0) is 51.9. The zero-order valence-corrected chi connectivity index (χ0v) is 38.4. The van der Waals surface area contributed by atoms with Gasteiger partial charge in [0.25, 0.3) is 0 Å². The Morgan fingerprint density at radius 2 is 1.06 bits per heavy atom. The first-order valence-corrected chi connectivity index (χ1v) is 23.6. The second-order valence-electron chi connectivity index (χ2n) is 17.1. The van der Waals surface area contributed by atoms with Gasteiger partial charge in [-0.25, -0.2) is 4.57 Å². The van der Waals surface area contributed by atoms with Crippen LogP contribution in [0.4, 0.5) is 0 Å². The molecule has 0 aromatic heterocycles. The summed E-state index contributed by atoms with van der Waals surface area (Å²) in [7, 11) is -4.72. The number of phosphoric ester groups is 1. The van der Waals surface area contributed by atoms with Gasteiger partial charge in [0.1, 0.15) is 128 Å². The Morgan fingerprint density at radius 1 is 0.557 bits per heavy atom. The second kappa shape index (κ2) is 26.3. The van der Waals surface area contributed by atoms with Gasteiger partial charge in [-0.2, -0.15) is 0 Å². The second-order valence-corrected chi connectivity index (χ2v) is 18.5. The van der Waals surface area contributed by atoms with Crippen molar-refractivity contribution in [1.29, 1.82) is 0 Å². The molecule has 32 nitrogen and oxygen atoms in total. The molecule has 5 fully saturated rings. The summed E-state index contributed by atoms with van der Waals surface area (Å²) < 4.78 is 73.7. The zero-order valence-electron chi connectivity index (χ0n) is 37.5. The number of amides is 1. The van der Waals surface area contributed by atoms with Crippen LogP contribution in [0.15, 0.2) is 0 Å². The van der Waals surface area contributed by atoms with Crippen molar-refractivity contribution in [1.82, 2.24) is 10.6 Å². The van der Waals surface area contributed by atoms with Gasteiger partial charge in [-0.05, 0) is 6.92 Å². The Hall–Kier alpha value is -1.46. The molecule has 19 N–H and O–H groups in total. The molecule has 0 aromatic rings. The number of nitrogens with one attached hydrogen (secondary N) is 2. The highest BCUT2D eigenvalue weighted by Crippen LogP contribution is 2.43. The lowest BCUT2D eigenvalue weighted by Crippen LogP contribution is -2.71. The lowest BCUT2D eigenvalue weighted by molar-refractivity contribution is -0.389. The number of phosphoric acid groups is 1. The summed E-state index contributed by atoms with van der Waals surface area (Å²) in [6.07, 6.45) is -45.7. The summed E-state index contributed by atoms with van der Waals surface area (Å²) in [6.45, 7) is -4.00. The number of aliphatic hydroxyl groups is 16. The average Bonchev–Trinajstić information content (AvgIpc) is 3.33. The van der Waals surface area contributed by atoms with E-state index in [1.165, 1.54) is 6.92 Å². The highest BCUT2D eigenvalue weighted by molar-refractivity contribution is 7.47. The maximum absolute atomic E-state index is 12.9. The number of ether oxygens (including phenoxy) is 9. The highest BCUT2D eigenvalue weighted by atomic mass is 31.2. The van der Waals surface area contributed by atoms with Gasteiger partial charge in [0.05, 0.1) is 52.4 Å². The summed E-state index contributed by atoms with van der Waals surface area (Å²) in [6, 6.07) is -1.80. The van der Waals surface area contributed by atoms with Crippen molar-refractivity contribution in [3.8, 4) is 0 Å². The molecule has 0 aliphatic carbocycles. The molecule has 27 atom stereocenters. The molecule has 3 unspecified atom stereocenters. The van der Waals surface area contributed by atoms with Crippen molar-refractivity contribution in [3.05, 3.63) is 0 Å². The predicted octanol–water partition coefficient (Wildman–Crippen LogP) is -11.7. The minimum atomic E-state index is -4.72. The van der Waals surface area contributed by atoms with Crippen LogP contribution in [-0.2, 0) is 61.0 Å². The largest absolute Gasteiger partial charge is 0.472 e. The molecular formula is C37H67N2O30P. The molecule has 5 aliphatic heterocycles. The fourth-order valence-electron chi connectivity index (χ4n) is 8.19. The van der Waals surface area contributed by atoms with Gasteiger partial charge in [-0.15, -0.1) is 0 Å². The first kappa shape index (κ1) is 59.4. The van der Waals surface area contributed by atoms with E-state index >= 15 is 0 Å². The molecule has 0 spiro atoms. The van der Waals surface area contributed by atoms with Crippen LogP contribution < -0.4 is 10.6 Å². The molecule has 5 heterocycles. The Kier molecular flexibility index (Phi) is 22.4. The van der Waals surface area contributed by atoms with Crippen molar-refractivity contribution < 1.29 is 148 Å².